The lowest BCUT2D eigenvalue weighted by Gasteiger charge is -2.32. The van der Waals surface area contributed by atoms with Gasteiger partial charge in [0.15, 0.2) is 0 Å². The molecule has 1 aliphatic rings. The summed E-state index contributed by atoms with van der Waals surface area (Å²) in [7, 11) is 0. The second-order valence-electron chi connectivity index (χ2n) is 7.13. The zero-order chi connectivity index (χ0) is 19.5. The second-order valence-corrected chi connectivity index (χ2v) is 7.13. The molecule has 1 amide bonds. The second kappa shape index (κ2) is 7.92. The molecule has 3 aromatic rings. The fraction of sp³-hybridized carbons (Fsp3) is 0.273. The zero-order valence-electron chi connectivity index (χ0n) is 15.4. The van der Waals surface area contributed by atoms with E-state index in [2.05, 4.69) is 9.55 Å². The van der Waals surface area contributed by atoms with Crippen molar-refractivity contribution in [2.45, 2.75) is 19.4 Å². The molecular weight excluding hydrogens is 360 g/mol. The molecule has 0 unspecified atom stereocenters. The number of rotatable bonds is 4. The Bertz CT molecular complexity index is 963. The van der Waals surface area contributed by atoms with Crippen LogP contribution in [0.2, 0.25) is 0 Å². The summed E-state index contributed by atoms with van der Waals surface area (Å²) >= 11 is 0. The van der Waals surface area contributed by atoms with Crippen molar-refractivity contribution in [1.82, 2.24) is 14.5 Å². The Morgan fingerprint density at radius 3 is 2.54 bits per heavy atom. The van der Waals surface area contributed by atoms with Crippen LogP contribution in [0.4, 0.5) is 8.78 Å². The maximum absolute atomic E-state index is 13.9. The summed E-state index contributed by atoms with van der Waals surface area (Å²) in [4.78, 5) is 18.7. The molecule has 1 aliphatic heterocycles. The third-order valence-corrected chi connectivity index (χ3v) is 5.27. The topological polar surface area (TPSA) is 38.1 Å². The minimum Gasteiger partial charge on any atom is -0.339 e. The highest BCUT2D eigenvalue weighted by Gasteiger charge is 2.26. The number of aromatic nitrogens is 2. The molecule has 144 valence electrons. The highest BCUT2D eigenvalue weighted by molar-refractivity contribution is 5.94. The monoisotopic (exact) mass is 381 g/mol. The molecular formula is C22H21F2N3O. The number of halogens is 2. The molecule has 2 heterocycles. The van der Waals surface area contributed by atoms with Crippen molar-refractivity contribution in [2.24, 2.45) is 5.92 Å². The predicted molar refractivity (Wildman–Crippen MR) is 103 cm³/mol. The first kappa shape index (κ1) is 18.3. The van der Waals surface area contributed by atoms with Crippen molar-refractivity contribution >= 4 is 5.91 Å². The first-order valence-corrected chi connectivity index (χ1v) is 9.42. The fourth-order valence-electron chi connectivity index (χ4n) is 3.73. The van der Waals surface area contributed by atoms with Gasteiger partial charge in [0.2, 0.25) is 0 Å². The Kier molecular flexibility index (Phi) is 5.19. The molecule has 1 aromatic heterocycles. The smallest absolute Gasteiger partial charge is 0.256 e. The van der Waals surface area contributed by atoms with Crippen molar-refractivity contribution in [3.8, 4) is 11.4 Å². The number of carbonyl (C=O) groups excluding carboxylic acids is 1. The lowest BCUT2D eigenvalue weighted by atomic mass is 9.96. The van der Waals surface area contributed by atoms with Crippen LogP contribution in [0.5, 0.6) is 0 Å². The summed E-state index contributed by atoms with van der Waals surface area (Å²) in [5.41, 5.74) is 1.01. The number of piperidine rings is 1. The first-order valence-electron chi connectivity index (χ1n) is 9.42. The van der Waals surface area contributed by atoms with E-state index >= 15 is 0 Å². The van der Waals surface area contributed by atoms with Gasteiger partial charge in [-0.3, -0.25) is 4.79 Å². The number of imidazole rings is 1. The molecule has 0 bridgehead atoms. The maximum atomic E-state index is 13.9. The minimum atomic E-state index is -0.807. The molecule has 0 spiro atoms. The molecule has 4 nitrogen and oxygen atoms in total. The molecule has 4 rings (SSSR count). The molecule has 2 aromatic carbocycles. The van der Waals surface area contributed by atoms with Gasteiger partial charge in [0, 0.05) is 43.7 Å². The van der Waals surface area contributed by atoms with Crippen molar-refractivity contribution in [3.05, 3.63) is 78.1 Å². The van der Waals surface area contributed by atoms with Crippen molar-refractivity contribution in [1.29, 1.82) is 0 Å². The zero-order valence-corrected chi connectivity index (χ0v) is 15.4. The van der Waals surface area contributed by atoms with Gasteiger partial charge in [-0.1, -0.05) is 30.3 Å². The molecule has 28 heavy (non-hydrogen) atoms. The van der Waals surface area contributed by atoms with Gasteiger partial charge in [-0.25, -0.2) is 13.8 Å². The van der Waals surface area contributed by atoms with Crippen molar-refractivity contribution in [3.63, 3.8) is 0 Å². The average molecular weight is 381 g/mol. The maximum Gasteiger partial charge on any atom is 0.256 e. The highest BCUT2D eigenvalue weighted by Crippen LogP contribution is 2.24. The highest BCUT2D eigenvalue weighted by atomic mass is 19.1. The summed E-state index contributed by atoms with van der Waals surface area (Å²) in [6.07, 6.45) is 5.45. The Hall–Kier alpha value is -3.02. The normalized spacial score (nSPS) is 15.0. The van der Waals surface area contributed by atoms with Crippen LogP contribution in [-0.4, -0.2) is 33.4 Å². The van der Waals surface area contributed by atoms with E-state index in [0.717, 1.165) is 42.9 Å². The lowest BCUT2D eigenvalue weighted by Crippen LogP contribution is -2.39. The summed E-state index contributed by atoms with van der Waals surface area (Å²) in [5.74, 6) is -0.504. The van der Waals surface area contributed by atoms with Gasteiger partial charge in [0.05, 0.1) is 5.56 Å². The summed E-state index contributed by atoms with van der Waals surface area (Å²) in [6.45, 7) is 1.96. The summed E-state index contributed by atoms with van der Waals surface area (Å²) in [5, 5.41) is 0. The van der Waals surface area contributed by atoms with Crippen molar-refractivity contribution in [2.75, 3.05) is 13.1 Å². The third-order valence-electron chi connectivity index (χ3n) is 5.27. The van der Waals surface area contributed by atoms with Crippen LogP contribution in [0.1, 0.15) is 23.2 Å². The molecule has 0 radical (unpaired) electrons. The number of carbonyl (C=O) groups is 1. The number of likely N-dealkylation sites (tertiary alicyclic amines) is 1. The van der Waals surface area contributed by atoms with Gasteiger partial charge in [0.25, 0.3) is 5.91 Å². The standard InChI is InChI=1S/C22H21F2N3O/c23-18-6-7-19(20(24)14-18)22(28)26-11-8-16(9-12-26)15-27-13-10-25-21(27)17-4-2-1-3-5-17/h1-7,10,13-14,16H,8-9,11-12,15H2. The van der Waals surface area contributed by atoms with Crippen LogP contribution in [0.25, 0.3) is 11.4 Å². The van der Waals surface area contributed by atoms with E-state index < -0.39 is 11.6 Å². The predicted octanol–water partition coefficient (Wildman–Crippen LogP) is 4.38. The number of nitrogens with zero attached hydrogens (tertiary/aromatic N) is 3. The van der Waals surface area contributed by atoms with Crippen LogP contribution in [0, 0.1) is 17.6 Å². The van der Waals surface area contributed by atoms with Crippen LogP contribution in [0.3, 0.4) is 0 Å². The van der Waals surface area contributed by atoms with Gasteiger partial charge >= 0.3 is 0 Å². The summed E-state index contributed by atoms with van der Waals surface area (Å²) in [6, 6.07) is 13.1. The Labute approximate surface area is 162 Å². The van der Waals surface area contributed by atoms with E-state index in [4.69, 9.17) is 0 Å². The van der Waals surface area contributed by atoms with Gasteiger partial charge in [0.1, 0.15) is 17.5 Å². The average Bonchev–Trinajstić information content (AvgIpc) is 3.17. The molecule has 1 fully saturated rings. The van der Waals surface area contributed by atoms with Gasteiger partial charge in [-0.15, -0.1) is 0 Å². The number of benzene rings is 2. The Morgan fingerprint density at radius 2 is 1.82 bits per heavy atom. The molecule has 6 heteroatoms. The van der Waals surface area contributed by atoms with Gasteiger partial charge in [-0.05, 0) is 30.9 Å². The molecule has 0 saturated carbocycles. The number of amides is 1. The van der Waals surface area contributed by atoms with E-state index in [9.17, 15) is 13.6 Å². The van der Waals surface area contributed by atoms with Crippen LogP contribution in [-0.2, 0) is 6.54 Å². The van der Waals surface area contributed by atoms with E-state index in [1.165, 1.54) is 6.07 Å². The number of hydrogen-bond acceptors (Lipinski definition) is 2. The quantitative estimate of drug-likeness (QED) is 0.673. The largest absolute Gasteiger partial charge is 0.339 e. The van der Waals surface area contributed by atoms with Crippen LogP contribution in [0.15, 0.2) is 60.9 Å². The molecule has 0 aliphatic carbocycles. The Morgan fingerprint density at radius 1 is 1.07 bits per heavy atom. The minimum absolute atomic E-state index is 0.0687. The fourth-order valence-corrected chi connectivity index (χ4v) is 3.73. The molecule has 0 atom stereocenters. The van der Waals surface area contributed by atoms with Gasteiger partial charge < -0.3 is 9.47 Å². The van der Waals surface area contributed by atoms with E-state index in [-0.39, 0.29) is 11.5 Å². The summed E-state index contributed by atoms with van der Waals surface area (Å²) < 4.78 is 29.1. The van der Waals surface area contributed by atoms with E-state index in [1.807, 2.05) is 36.5 Å². The number of hydrogen-bond donors (Lipinski definition) is 0. The third kappa shape index (κ3) is 3.81. The van der Waals surface area contributed by atoms with E-state index in [1.54, 1.807) is 11.1 Å². The lowest BCUT2D eigenvalue weighted by molar-refractivity contribution is 0.0678. The molecule has 0 N–H and O–H groups in total. The molecule has 1 saturated heterocycles. The van der Waals surface area contributed by atoms with Crippen LogP contribution >= 0.6 is 0 Å². The van der Waals surface area contributed by atoms with Crippen molar-refractivity contribution < 1.29 is 13.6 Å². The SMILES string of the molecule is O=C(c1ccc(F)cc1F)N1CCC(Cn2ccnc2-c2ccccc2)CC1. The first-order chi connectivity index (χ1) is 13.6. The van der Waals surface area contributed by atoms with E-state index in [0.29, 0.717) is 19.0 Å². The Balaban J connectivity index is 1.39. The van der Waals surface area contributed by atoms with Crippen LogP contribution < -0.4 is 0 Å². The van der Waals surface area contributed by atoms with Gasteiger partial charge in [-0.2, -0.15) is 0 Å².